The van der Waals surface area contributed by atoms with Crippen molar-refractivity contribution in [3.8, 4) is 23.0 Å². The third-order valence-corrected chi connectivity index (χ3v) is 5.09. The maximum atomic E-state index is 12.7. The van der Waals surface area contributed by atoms with Crippen LogP contribution in [0.15, 0.2) is 36.4 Å². The van der Waals surface area contributed by atoms with Crippen LogP contribution >= 0.6 is 0 Å². The number of amides is 2. The minimum Gasteiger partial charge on any atom is -0.497 e. The molecule has 1 heterocycles. The number of benzene rings is 2. The summed E-state index contributed by atoms with van der Waals surface area (Å²) in [5.74, 6) is 2.03. The minimum absolute atomic E-state index is 0.258. The maximum Gasteiger partial charge on any atom is 0.243 e. The number of carbonyl (C=O) groups excluding carboxylic acids is 2. The molecule has 1 fully saturated rings. The predicted octanol–water partition coefficient (Wildman–Crippen LogP) is 1.49. The SMILES string of the molecule is COc1ccc(OC)c(C[C@@H]2NC(=O)[C@H](Cc3cc(OC)ccc3OC)NC2=O)c1. The van der Waals surface area contributed by atoms with E-state index in [-0.39, 0.29) is 24.7 Å². The van der Waals surface area contributed by atoms with Gasteiger partial charge in [0, 0.05) is 24.0 Å². The molecule has 0 aliphatic carbocycles. The zero-order valence-corrected chi connectivity index (χ0v) is 17.5. The average Bonchev–Trinajstić information content (AvgIpc) is 2.76. The van der Waals surface area contributed by atoms with Crippen LogP contribution in [0, 0.1) is 0 Å². The van der Waals surface area contributed by atoms with Gasteiger partial charge in [0.25, 0.3) is 0 Å². The highest BCUT2D eigenvalue weighted by atomic mass is 16.5. The number of hydrogen-bond donors (Lipinski definition) is 2. The van der Waals surface area contributed by atoms with Crippen molar-refractivity contribution < 1.29 is 28.5 Å². The van der Waals surface area contributed by atoms with Crippen molar-refractivity contribution in [1.29, 1.82) is 0 Å². The van der Waals surface area contributed by atoms with Crippen molar-refractivity contribution in [2.24, 2.45) is 0 Å². The Labute approximate surface area is 175 Å². The first-order chi connectivity index (χ1) is 14.5. The number of ether oxygens (including phenoxy) is 4. The zero-order valence-electron chi connectivity index (χ0n) is 17.5. The third-order valence-electron chi connectivity index (χ3n) is 5.09. The predicted molar refractivity (Wildman–Crippen MR) is 110 cm³/mol. The zero-order chi connectivity index (χ0) is 21.7. The van der Waals surface area contributed by atoms with E-state index in [2.05, 4.69) is 10.6 Å². The van der Waals surface area contributed by atoms with Crippen LogP contribution in [0.4, 0.5) is 0 Å². The summed E-state index contributed by atoms with van der Waals surface area (Å²) in [6, 6.07) is 9.28. The molecule has 1 saturated heterocycles. The summed E-state index contributed by atoms with van der Waals surface area (Å²) in [4.78, 5) is 25.4. The van der Waals surface area contributed by atoms with Gasteiger partial charge in [-0.3, -0.25) is 9.59 Å². The maximum absolute atomic E-state index is 12.7. The van der Waals surface area contributed by atoms with E-state index in [1.54, 1.807) is 64.8 Å². The topological polar surface area (TPSA) is 95.1 Å². The van der Waals surface area contributed by atoms with Gasteiger partial charge in [-0.15, -0.1) is 0 Å². The van der Waals surface area contributed by atoms with Crippen molar-refractivity contribution in [3.05, 3.63) is 47.5 Å². The van der Waals surface area contributed by atoms with Gasteiger partial charge in [0.05, 0.1) is 28.4 Å². The summed E-state index contributed by atoms with van der Waals surface area (Å²) < 4.78 is 21.2. The Kier molecular flexibility index (Phi) is 6.66. The van der Waals surface area contributed by atoms with Crippen molar-refractivity contribution >= 4 is 11.8 Å². The molecule has 0 radical (unpaired) electrons. The van der Waals surface area contributed by atoms with E-state index >= 15 is 0 Å². The molecule has 0 aromatic heterocycles. The van der Waals surface area contributed by atoms with E-state index in [9.17, 15) is 9.59 Å². The van der Waals surface area contributed by atoms with E-state index in [1.807, 2.05) is 0 Å². The molecule has 1 aliphatic heterocycles. The van der Waals surface area contributed by atoms with Crippen LogP contribution in [0.1, 0.15) is 11.1 Å². The van der Waals surface area contributed by atoms with Gasteiger partial charge in [0.2, 0.25) is 11.8 Å². The summed E-state index contributed by atoms with van der Waals surface area (Å²) in [6.45, 7) is 0. The highest BCUT2D eigenvalue weighted by Gasteiger charge is 2.34. The molecule has 0 spiro atoms. The Morgan fingerprint density at radius 2 is 1.07 bits per heavy atom. The summed E-state index contributed by atoms with van der Waals surface area (Å²) in [6.07, 6.45) is 0.570. The molecular formula is C22H26N2O6. The summed E-state index contributed by atoms with van der Waals surface area (Å²) in [5, 5.41) is 5.64. The highest BCUT2D eigenvalue weighted by Crippen LogP contribution is 2.27. The summed E-state index contributed by atoms with van der Waals surface area (Å²) in [5.41, 5.74) is 1.54. The molecule has 30 heavy (non-hydrogen) atoms. The second-order valence-corrected chi connectivity index (χ2v) is 6.89. The lowest BCUT2D eigenvalue weighted by Gasteiger charge is -2.30. The molecule has 3 rings (SSSR count). The molecule has 2 amide bonds. The number of methoxy groups -OCH3 is 4. The molecule has 160 valence electrons. The normalized spacial score (nSPS) is 18.3. The van der Waals surface area contributed by atoms with Crippen LogP contribution in [0.5, 0.6) is 23.0 Å². The van der Waals surface area contributed by atoms with Gasteiger partial charge in [-0.1, -0.05) is 0 Å². The molecule has 8 heteroatoms. The van der Waals surface area contributed by atoms with Crippen LogP contribution in [-0.4, -0.2) is 52.3 Å². The molecule has 8 nitrogen and oxygen atoms in total. The molecule has 1 aliphatic rings. The van der Waals surface area contributed by atoms with Crippen molar-refractivity contribution in [3.63, 3.8) is 0 Å². The fourth-order valence-corrected chi connectivity index (χ4v) is 3.49. The van der Waals surface area contributed by atoms with E-state index in [4.69, 9.17) is 18.9 Å². The first-order valence-corrected chi connectivity index (χ1v) is 9.51. The molecule has 0 unspecified atom stereocenters. The molecule has 0 saturated carbocycles. The van der Waals surface area contributed by atoms with Crippen LogP contribution in [-0.2, 0) is 22.4 Å². The lowest BCUT2D eigenvalue weighted by molar-refractivity contribution is -0.136. The number of nitrogens with one attached hydrogen (secondary N) is 2. The summed E-state index contributed by atoms with van der Waals surface area (Å²) >= 11 is 0. The van der Waals surface area contributed by atoms with Gasteiger partial charge >= 0.3 is 0 Å². The van der Waals surface area contributed by atoms with Gasteiger partial charge < -0.3 is 29.6 Å². The average molecular weight is 414 g/mol. The van der Waals surface area contributed by atoms with Gasteiger partial charge in [-0.2, -0.15) is 0 Å². The van der Waals surface area contributed by atoms with Gasteiger partial charge in [-0.25, -0.2) is 0 Å². The number of piperazine rings is 1. The number of hydrogen-bond acceptors (Lipinski definition) is 6. The molecule has 0 bridgehead atoms. The van der Waals surface area contributed by atoms with Gasteiger partial charge in [0.15, 0.2) is 0 Å². The second-order valence-electron chi connectivity index (χ2n) is 6.89. The third kappa shape index (κ3) is 4.59. The lowest BCUT2D eigenvalue weighted by Crippen LogP contribution is -2.62. The quantitative estimate of drug-likeness (QED) is 0.680. The van der Waals surface area contributed by atoms with Crippen molar-refractivity contribution in [2.45, 2.75) is 24.9 Å². The number of rotatable bonds is 8. The Morgan fingerprint density at radius 3 is 1.40 bits per heavy atom. The fraction of sp³-hybridized carbons (Fsp3) is 0.364. The molecule has 2 atom stereocenters. The monoisotopic (exact) mass is 414 g/mol. The highest BCUT2D eigenvalue weighted by molar-refractivity contribution is 5.97. The Bertz CT molecular complexity index is 854. The Balaban J connectivity index is 1.74. The number of carbonyl (C=O) groups is 2. The van der Waals surface area contributed by atoms with Gasteiger partial charge in [0.1, 0.15) is 35.1 Å². The van der Waals surface area contributed by atoms with E-state index in [0.717, 1.165) is 11.1 Å². The molecule has 2 N–H and O–H groups in total. The largest absolute Gasteiger partial charge is 0.497 e. The fourth-order valence-electron chi connectivity index (χ4n) is 3.49. The molecule has 2 aromatic rings. The first kappa shape index (κ1) is 21.3. The second kappa shape index (κ2) is 9.39. The van der Waals surface area contributed by atoms with Crippen LogP contribution < -0.4 is 29.6 Å². The standard InChI is InChI=1S/C22H26N2O6/c1-27-15-5-7-19(29-3)13(9-15)11-17-21(25)24-18(22(26)23-17)12-14-10-16(28-2)6-8-20(14)30-4/h5-10,17-18H,11-12H2,1-4H3,(H,23,26)(H,24,25)/t17-,18-/m0/s1. The van der Waals surface area contributed by atoms with E-state index in [1.165, 1.54) is 0 Å². The Morgan fingerprint density at radius 1 is 0.667 bits per heavy atom. The van der Waals surface area contributed by atoms with Crippen molar-refractivity contribution in [1.82, 2.24) is 10.6 Å². The smallest absolute Gasteiger partial charge is 0.243 e. The lowest BCUT2D eigenvalue weighted by atomic mass is 9.97. The van der Waals surface area contributed by atoms with E-state index < -0.39 is 12.1 Å². The molecular weight excluding hydrogens is 388 g/mol. The molecule has 2 aromatic carbocycles. The van der Waals surface area contributed by atoms with E-state index in [0.29, 0.717) is 23.0 Å². The van der Waals surface area contributed by atoms with Crippen molar-refractivity contribution in [2.75, 3.05) is 28.4 Å². The van der Waals surface area contributed by atoms with Crippen LogP contribution in [0.25, 0.3) is 0 Å². The first-order valence-electron chi connectivity index (χ1n) is 9.51. The van der Waals surface area contributed by atoms with Gasteiger partial charge in [-0.05, 0) is 36.4 Å². The van der Waals surface area contributed by atoms with Crippen LogP contribution in [0.3, 0.4) is 0 Å². The summed E-state index contributed by atoms with van der Waals surface area (Å²) in [7, 11) is 6.25. The van der Waals surface area contributed by atoms with Crippen LogP contribution in [0.2, 0.25) is 0 Å². The minimum atomic E-state index is -0.707. The Hall–Kier alpha value is -3.42.